The van der Waals surface area contributed by atoms with Crippen LogP contribution in [0.15, 0.2) is 84.9 Å². The molecule has 1 aliphatic heterocycles. The number of fused-ring (bicyclic) bond motifs is 1. The number of imide groups is 1. The van der Waals surface area contributed by atoms with Gasteiger partial charge >= 0.3 is 12.4 Å². The van der Waals surface area contributed by atoms with Crippen molar-refractivity contribution in [2.24, 2.45) is 0 Å². The molecule has 3 amide bonds. The van der Waals surface area contributed by atoms with Crippen molar-refractivity contribution in [2.75, 3.05) is 30.1 Å². The molecular formula is C36H27F7N2O6. The molecule has 51 heavy (non-hydrogen) atoms. The van der Waals surface area contributed by atoms with E-state index in [9.17, 15) is 23.7 Å². The molecular weight excluding hydrogens is 689 g/mol. The first-order valence-electron chi connectivity index (χ1n) is 15.2. The number of hydrogen-bond acceptors (Lipinski definition) is 6. The van der Waals surface area contributed by atoms with Gasteiger partial charge in [-0.25, -0.2) is 4.90 Å². The summed E-state index contributed by atoms with van der Waals surface area (Å²) < 4.78 is 103. The Labute approximate surface area is 285 Å². The van der Waals surface area contributed by atoms with Gasteiger partial charge in [-0.1, -0.05) is 42.5 Å². The third-order valence-electron chi connectivity index (χ3n) is 8.70. The average molecular weight is 717 g/mol. The third-order valence-corrected chi connectivity index (χ3v) is 8.70. The van der Waals surface area contributed by atoms with Gasteiger partial charge < -0.3 is 10.0 Å². The van der Waals surface area contributed by atoms with Crippen molar-refractivity contribution >= 4 is 35.4 Å². The van der Waals surface area contributed by atoms with Crippen molar-refractivity contribution < 1.29 is 60.1 Å². The molecule has 1 N–H and O–H groups in total. The number of halogens is 7. The molecule has 0 saturated heterocycles. The maximum absolute atomic E-state index is 15.2. The van der Waals surface area contributed by atoms with Crippen molar-refractivity contribution in [3.8, 4) is 0 Å². The van der Waals surface area contributed by atoms with E-state index in [-0.39, 0.29) is 37.3 Å². The van der Waals surface area contributed by atoms with Gasteiger partial charge in [0.25, 0.3) is 17.7 Å². The minimum atomic E-state index is -6.14. The largest absolute Gasteiger partial charge is 0.411 e. The van der Waals surface area contributed by atoms with Crippen LogP contribution in [0.1, 0.15) is 63.7 Å². The number of alkyl halides is 6. The van der Waals surface area contributed by atoms with Gasteiger partial charge in [-0.05, 0) is 82.1 Å². The summed E-state index contributed by atoms with van der Waals surface area (Å²) in [4.78, 5) is 57.2. The lowest BCUT2D eigenvalue weighted by Crippen LogP contribution is -2.55. The number of aliphatic hydroxyl groups is 1. The highest BCUT2D eigenvalue weighted by molar-refractivity contribution is 6.34. The van der Waals surface area contributed by atoms with Crippen LogP contribution < -0.4 is 9.80 Å². The smallest absolute Gasteiger partial charge is 0.396 e. The Kier molecular flexibility index (Phi) is 10.2. The number of nitrogens with zero attached hydrogens (tertiary/aromatic N) is 2. The first kappa shape index (κ1) is 36.9. The summed E-state index contributed by atoms with van der Waals surface area (Å²) in [6, 6.07) is 14.5. The minimum Gasteiger partial charge on any atom is -0.396 e. The molecule has 0 spiro atoms. The molecule has 0 fully saturated rings. The lowest BCUT2D eigenvalue weighted by molar-refractivity contribution is -0.288. The Bertz CT molecular complexity index is 1960. The van der Waals surface area contributed by atoms with Crippen LogP contribution in [0, 0.1) is 0 Å². The number of rotatable bonds is 11. The standard InChI is InChI=1S/C36H27F7N2O6/c1-44(26-9-2-21(3-10-26)14-16-46)31(48)29-18-24(7-6-23(29)20-47)34(35(37,38)39,36(40,41)42)25-8-13-28-30(19-25)33(50)45(32(28)49)27-11-4-22(5-12-27)15-17-51-43/h2-13,18-20,46H,14-17H2,1H3. The van der Waals surface area contributed by atoms with E-state index in [4.69, 9.17) is 5.11 Å². The number of aldehydes is 1. The summed E-state index contributed by atoms with van der Waals surface area (Å²) in [6.45, 7) is -0.441. The molecule has 15 heteroatoms. The Balaban J connectivity index is 1.62. The van der Waals surface area contributed by atoms with Gasteiger partial charge in [0.1, 0.15) is 0 Å². The van der Waals surface area contributed by atoms with Crippen molar-refractivity contribution in [1.82, 2.24) is 0 Å². The summed E-state index contributed by atoms with van der Waals surface area (Å²) in [5.74, 6) is -3.28. The molecule has 0 unspecified atom stereocenters. The van der Waals surface area contributed by atoms with Crippen LogP contribution in [-0.4, -0.2) is 61.7 Å². The number of carbonyl (C=O) groups is 4. The third kappa shape index (κ3) is 6.50. The second-order valence-electron chi connectivity index (χ2n) is 11.6. The fraction of sp³-hybridized carbons (Fsp3) is 0.222. The van der Waals surface area contributed by atoms with E-state index in [1.807, 2.05) is 0 Å². The lowest BCUT2D eigenvalue weighted by atomic mass is 9.71. The minimum absolute atomic E-state index is 0.0367. The van der Waals surface area contributed by atoms with Gasteiger partial charge in [-0.15, -0.1) is 0 Å². The van der Waals surface area contributed by atoms with Crippen molar-refractivity contribution in [1.29, 1.82) is 0 Å². The first-order chi connectivity index (χ1) is 24.1. The molecule has 1 aliphatic rings. The summed E-state index contributed by atoms with van der Waals surface area (Å²) in [5, 5.41) is 9.14. The monoisotopic (exact) mass is 716 g/mol. The fourth-order valence-corrected chi connectivity index (χ4v) is 6.05. The second-order valence-corrected chi connectivity index (χ2v) is 11.6. The van der Waals surface area contributed by atoms with Gasteiger partial charge in [0.05, 0.1) is 29.0 Å². The van der Waals surface area contributed by atoms with Crippen LogP contribution in [0.25, 0.3) is 0 Å². The highest BCUT2D eigenvalue weighted by Crippen LogP contribution is 2.57. The second kappa shape index (κ2) is 14.1. The maximum atomic E-state index is 15.2. The van der Waals surface area contributed by atoms with Crippen molar-refractivity contribution in [3.63, 3.8) is 0 Å². The topological polar surface area (TPSA) is 104 Å². The van der Waals surface area contributed by atoms with Crippen LogP contribution >= 0.6 is 0 Å². The molecule has 0 aromatic heterocycles. The van der Waals surface area contributed by atoms with E-state index in [0.717, 1.165) is 4.90 Å². The highest BCUT2D eigenvalue weighted by atomic mass is 19.4. The lowest BCUT2D eigenvalue weighted by Gasteiger charge is -2.38. The SMILES string of the molecule is CN(C(=O)c1cc(C(c2ccc3c(c2)C(=O)N(c2ccc(CCOF)cc2)C3=O)(C(F)(F)F)C(F)(F)F)ccc1C=O)c1ccc(CCO)cc1. The first-order valence-corrected chi connectivity index (χ1v) is 15.2. The zero-order chi connectivity index (χ0) is 37.3. The highest BCUT2D eigenvalue weighted by Gasteiger charge is 2.72. The number of hydrogen-bond donors (Lipinski definition) is 1. The van der Waals surface area contributed by atoms with Gasteiger partial charge in [0, 0.05) is 24.9 Å². The molecule has 0 bridgehead atoms. The molecule has 1 heterocycles. The number of carbonyl (C=O) groups excluding carboxylic acids is 4. The Morgan fingerprint density at radius 2 is 1.33 bits per heavy atom. The molecule has 0 saturated carbocycles. The molecule has 5 rings (SSSR count). The summed E-state index contributed by atoms with van der Waals surface area (Å²) in [5.41, 5.74) is -8.80. The summed E-state index contributed by atoms with van der Waals surface area (Å²) in [6.07, 6.45) is -11.7. The molecule has 4 aromatic carbocycles. The summed E-state index contributed by atoms with van der Waals surface area (Å²) in [7, 11) is 1.21. The quantitative estimate of drug-likeness (QED) is 0.102. The van der Waals surface area contributed by atoms with Crippen molar-refractivity contribution in [3.05, 3.63) is 129 Å². The fourth-order valence-electron chi connectivity index (χ4n) is 6.05. The zero-order valence-corrected chi connectivity index (χ0v) is 26.5. The van der Waals surface area contributed by atoms with E-state index in [1.54, 1.807) is 12.1 Å². The number of amides is 3. The predicted molar refractivity (Wildman–Crippen MR) is 169 cm³/mol. The van der Waals surface area contributed by atoms with Crippen LogP contribution in [0.2, 0.25) is 0 Å². The van der Waals surface area contributed by atoms with E-state index in [0.29, 0.717) is 58.8 Å². The molecule has 266 valence electrons. The van der Waals surface area contributed by atoms with E-state index in [1.165, 1.54) is 43.4 Å². The average Bonchev–Trinajstić information content (AvgIpc) is 3.34. The zero-order valence-electron chi connectivity index (χ0n) is 26.5. The van der Waals surface area contributed by atoms with Crippen LogP contribution in [0.5, 0.6) is 0 Å². The van der Waals surface area contributed by atoms with E-state index < -0.39 is 68.9 Å². The van der Waals surface area contributed by atoms with Crippen LogP contribution in [0.4, 0.5) is 42.2 Å². The normalized spacial score (nSPS) is 13.4. The molecule has 0 radical (unpaired) electrons. The van der Waals surface area contributed by atoms with E-state index in [2.05, 4.69) is 4.94 Å². The Morgan fingerprint density at radius 3 is 1.90 bits per heavy atom. The molecule has 0 aliphatic carbocycles. The maximum Gasteiger partial charge on any atom is 0.411 e. The Morgan fingerprint density at radius 1 is 0.784 bits per heavy atom. The van der Waals surface area contributed by atoms with Crippen LogP contribution in [-0.2, 0) is 23.2 Å². The van der Waals surface area contributed by atoms with Gasteiger partial charge in [0.2, 0.25) is 5.41 Å². The number of anilines is 2. The summed E-state index contributed by atoms with van der Waals surface area (Å²) >= 11 is 0. The van der Waals surface area contributed by atoms with Crippen LogP contribution in [0.3, 0.4) is 0 Å². The Hall–Kier alpha value is -5.41. The van der Waals surface area contributed by atoms with Gasteiger partial charge in [0.15, 0.2) is 6.29 Å². The molecule has 8 nitrogen and oxygen atoms in total. The number of benzene rings is 4. The van der Waals surface area contributed by atoms with Gasteiger partial charge in [-0.3, -0.25) is 19.2 Å². The van der Waals surface area contributed by atoms with Crippen molar-refractivity contribution in [2.45, 2.75) is 30.6 Å². The van der Waals surface area contributed by atoms with Gasteiger partial charge in [-0.2, -0.15) is 31.3 Å². The molecule has 0 atom stereocenters. The molecule has 4 aromatic rings. The number of aliphatic hydroxyl groups excluding tert-OH is 1. The predicted octanol–water partition coefficient (Wildman–Crippen LogP) is 6.97. The van der Waals surface area contributed by atoms with E-state index >= 15 is 26.3 Å².